The zero-order chi connectivity index (χ0) is 13.1. The third-order valence-electron chi connectivity index (χ3n) is 4.23. The Balaban J connectivity index is 2.93. The summed E-state index contributed by atoms with van der Waals surface area (Å²) in [5.74, 6) is 0. The molecule has 0 aliphatic carbocycles. The fourth-order valence-electron chi connectivity index (χ4n) is 3.18. The zero-order valence-corrected chi connectivity index (χ0v) is 12.6. The molecule has 0 amide bonds. The number of nitrogens with zero attached hydrogens (tertiary/aromatic N) is 2. The summed E-state index contributed by atoms with van der Waals surface area (Å²) in [5, 5.41) is 3.36. The second-order valence-electron chi connectivity index (χ2n) is 6.20. The van der Waals surface area contributed by atoms with E-state index in [0.717, 1.165) is 6.54 Å². The largest absolute Gasteiger partial charge is 0.318 e. The van der Waals surface area contributed by atoms with Gasteiger partial charge in [0.05, 0.1) is 0 Å². The maximum Gasteiger partial charge on any atom is 0.0355 e. The molecule has 1 aliphatic heterocycles. The fourth-order valence-corrected chi connectivity index (χ4v) is 3.18. The van der Waals surface area contributed by atoms with Gasteiger partial charge in [-0.05, 0) is 54.3 Å². The Morgan fingerprint density at radius 1 is 1.41 bits per heavy atom. The minimum atomic E-state index is 0.307. The molecule has 0 spiro atoms. The molecule has 17 heavy (non-hydrogen) atoms. The van der Waals surface area contributed by atoms with Crippen molar-refractivity contribution < 1.29 is 0 Å². The summed E-state index contributed by atoms with van der Waals surface area (Å²) in [6, 6.07) is 1.28. The van der Waals surface area contributed by atoms with Crippen molar-refractivity contribution >= 4 is 0 Å². The van der Waals surface area contributed by atoms with Crippen molar-refractivity contribution in [3.05, 3.63) is 0 Å². The molecular weight excluding hydrogens is 210 g/mol. The maximum atomic E-state index is 3.36. The lowest BCUT2D eigenvalue weighted by molar-refractivity contribution is 0.0344. The first kappa shape index (κ1) is 14.9. The third kappa shape index (κ3) is 3.67. The van der Waals surface area contributed by atoms with E-state index >= 15 is 0 Å². The van der Waals surface area contributed by atoms with Gasteiger partial charge in [-0.3, -0.25) is 4.90 Å². The van der Waals surface area contributed by atoms with Crippen LogP contribution >= 0.6 is 0 Å². The van der Waals surface area contributed by atoms with Crippen LogP contribution in [0.2, 0.25) is 0 Å². The highest BCUT2D eigenvalue weighted by atomic mass is 15.3. The summed E-state index contributed by atoms with van der Waals surface area (Å²) >= 11 is 0. The van der Waals surface area contributed by atoms with Gasteiger partial charge in [0.15, 0.2) is 0 Å². The van der Waals surface area contributed by atoms with Crippen molar-refractivity contribution in [3.63, 3.8) is 0 Å². The van der Waals surface area contributed by atoms with Crippen LogP contribution in [0, 0.1) is 0 Å². The van der Waals surface area contributed by atoms with Gasteiger partial charge in [0.25, 0.3) is 0 Å². The monoisotopic (exact) mass is 241 g/mol. The molecule has 3 heteroatoms. The Kier molecular flexibility index (Phi) is 5.42. The Morgan fingerprint density at radius 3 is 2.59 bits per heavy atom. The van der Waals surface area contributed by atoms with Crippen LogP contribution in [0.4, 0.5) is 0 Å². The number of nitrogens with one attached hydrogen (secondary N) is 1. The summed E-state index contributed by atoms with van der Waals surface area (Å²) in [6.45, 7) is 12.9. The Morgan fingerprint density at radius 2 is 2.06 bits per heavy atom. The molecule has 3 nitrogen and oxygen atoms in total. The number of likely N-dealkylation sites (N-methyl/N-ethyl adjacent to an activating group) is 2. The van der Waals surface area contributed by atoms with Crippen molar-refractivity contribution in [1.29, 1.82) is 0 Å². The van der Waals surface area contributed by atoms with E-state index in [1.165, 1.54) is 25.9 Å². The molecule has 102 valence electrons. The van der Waals surface area contributed by atoms with E-state index in [0.29, 0.717) is 17.6 Å². The van der Waals surface area contributed by atoms with Gasteiger partial charge in [-0.1, -0.05) is 6.92 Å². The van der Waals surface area contributed by atoms with Gasteiger partial charge in [-0.25, -0.2) is 0 Å². The first-order valence-electron chi connectivity index (χ1n) is 7.04. The third-order valence-corrected chi connectivity index (χ3v) is 4.23. The lowest BCUT2D eigenvalue weighted by Gasteiger charge is -2.46. The van der Waals surface area contributed by atoms with E-state index in [1.807, 2.05) is 0 Å². The van der Waals surface area contributed by atoms with Gasteiger partial charge >= 0.3 is 0 Å². The van der Waals surface area contributed by atoms with E-state index in [9.17, 15) is 0 Å². The molecule has 0 aromatic heterocycles. The summed E-state index contributed by atoms with van der Waals surface area (Å²) in [5.41, 5.74) is 0.307. The summed E-state index contributed by atoms with van der Waals surface area (Å²) in [7, 11) is 4.31. The average molecular weight is 241 g/mol. The Labute approximate surface area is 108 Å². The maximum absolute atomic E-state index is 3.36. The second kappa shape index (κ2) is 6.17. The smallest absolute Gasteiger partial charge is 0.0355 e. The highest BCUT2D eigenvalue weighted by Crippen LogP contribution is 2.28. The van der Waals surface area contributed by atoms with E-state index in [1.54, 1.807) is 0 Å². The van der Waals surface area contributed by atoms with Crippen molar-refractivity contribution in [3.8, 4) is 0 Å². The van der Waals surface area contributed by atoms with Crippen LogP contribution < -0.4 is 5.32 Å². The number of hydrogen-bond donors (Lipinski definition) is 1. The Bertz CT molecular complexity index is 228. The number of hydrogen-bond acceptors (Lipinski definition) is 3. The zero-order valence-electron chi connectivity index (χ0n) is 12.6. The predicted molar refractivity (Wildman–Crippen MR) is 75.5 cm³/mol. The van der Waals surface area contributed by atoms with Crippen LogP contribution in [0.25, 0.3) is 0 Å². The molecule has 1 fully saturated rings. The van der Waals surface area contributed by atoms with Crippen LogP contribution in [-0.2, 0) is 0 Å². The molecule has 0 saturated carbocycles. The van der Waals surface area contributed by atoms with Crippen LogP contribution in [0.5, 0.6) is 0 Å². The van der Waals surface area contributed by atoms with Gasteiger partial charge < -0.3 is 10.2 Å². The van der Waals surface area contributed by atoms with Gasteiger partial charge in [0.1, 0.15) is 0 Å². The first-order valence-corrected chi connectivity index (χ1v) is 7.04. The minimum absolute atomic E-state index is 0.307. The van der Waals surface area contributed by atoms with Crippen molar-refractivity contribution in [2.45, 2.75) is 58.2 Å². The molecule has 1 rings (SSSR count). The molecule has 2 unspecified atom stereocenters. The van der Waals surface area contributed by atoms with Crippen molar-refractivity contribution in [2.24, 2.45) is 0 Å². The quantitative estimate of drug-likeness (QED) is 0.809. The Hall–Kier alpha value is -0.120. The van der Waals surface area contributed by atoms with E-state index in [-0.39, 0.29) is 0 Å². The van der Waals surface area contributed by atoms with Crippen LogP contribution in [0.15, 0.2) is 0 Å². The predicted octanol–water partition coefficient (Wildman–Crippen LogP) is 1.79. The normalized spacial score (nSPS) is 28.9. The molecule has 2 atom stereocenters. The van der Waals surface area contributed by atoms with Gasteiger partial charge in [-0.2, -0.15) is 0 Å². The van der Waals surface area contributed by atoms with Gasteiger partial charge in [0, 0.05) is 30.7 Å². The van der Waals surface area contributed by atoms with Crippen LogP contribution in [-0.4, -0.2) is 61.2 Å². The molecule has 0 radical (unpaired) electrons. The molecule has 1 heterocycles. The summed E-state index contributed by atoms with van der Waals surface area (Å²) < 4.78 is 0. The highest BCUT2D eigenvalue weighted by Gasteiger charge is 2.37. The minimum Gasteiger partial charge on any atom is -0.318 e. The molecule has 0 aromatic carbocycles. The average Bonchev–Trinajstić information content (AvgIpc) is 2.36. The van der Waals surface area contributed by atoms with Crippen LogP contribution in [0.3, 0.4) is 0 Å². The summed E-state index contributed by atoms with van der Waals surface area (Å²) in [6.07, 6.45) is 2.49. The molecule has 1 N–H and O–H groups in total. The van der Waals surface area contributed by atoms with Crippen molar-refractivity contribution in [1.82, 2.24) is 15.1 Å². The highest BCUT2D eigenvalue weighted by molar-refractivity contribution is 4.94. The fraction of sp³-hybridized carbons (Fsp3) is 1.00. The molecule has 0 aromatic rings. The topological polar surface area (TPSA) is 18.5 Å². The second-order valence-corrected chi connectivity index (χ2v) is 6.20. The summed E-state index contributed by atoms with van der Waals surface area (Å²) in [4.78, 5) is 5.22. The van der Waals surface area contributed by atoms with Gasteiger partial charge in [-0.15, -0.1) is 0 Å². The standard InChI is InChI=1S/C14H31N3/c1-7-12(2)17-13(10-15-5)11-16(6)9-8-14(17,3)4/h12-13,15H,7-11H2,1-6H3. The van der Waals surface area contributed by atoms with Gasteiger partial charge in [0.2, 0.25) is 0 Å². The molecule has 1 aliphatic rings. The molecule has 0 bridgehead atoms. The van der Waals surface area contributed by atoms with Crippen LogP contribution in [0.1, 0.15) is 40.5 Å². The van der Waals surface area contributed by atoms with E-state index in [4.69, 9.17) is 0 Å². The molecular formula is C14H31N3. The lowest BCUT2D eigenvalue weighted by atomic mass is 9.94. The SMILES string of the molecule is CCC(C)N1C(CNC)CN(C)CCC1(C)C. The van der Waals surface area contributed by atoms with Crippen molar-refractivity contribution in [2.75, 3.05) is 33.7 Å². The lowest BCUT2D eigenvalue weighted by Crippen LogP contribution is -2.57. The first-order chi connectivity index (χ1) is 7.92. The van der Waals surface area contributed by atoms with E-state index < -0.39 is 0 Å². The van der Waals surface area contributed by atoms with E-state index in [2.05, 4.69) is 56.9 Å². The molecule has 1 saturated heterocycles. The number of rotatable bonds is 4.